The fraction of sp³-hybridized carbons (Fsp3) is 1.00. The summed E-state index contributed by atoms with van der Waals surface area (Å²) in [6.45, 7) is 7.60. The van der Waals surface area contributed by atoms with Crippen LogP contribution in [0.15, 0.2) is 0 Å². The van der Waals surface area contributed by atoms with E-state index in [4.69, 9.17) is 16.1 Å². The molecule has 0 aromatic heterocycles. The lowest BCUT2D eigenvalue weighted by Crippen LogP contribution is -2.24. The molecule has 0 rings (SSSR count). The molecule has 0 saturated carbocycles. The van der Waals surface area contributed by atoms with Gasteiger partial charge < -0.3 is 4.52 Å². The molecule has 0 saturated heterocycles. The van der Waals surface area contributed by atoms with E-state index in [0.717, 1.165) is 0 Å². The average Bonchev–Trinajstić information content (AvgIpc) is 1.81. The summed E-state index contributed by atoms with van der Waals surface area (Å²) in [5.41, 5.74) is 0. The van der Waals surface area contributed by atoms with Crippen molar-refractivity contribution in [3.05, 3.63) is 0 Å². The predicted molar refractivity (Wildman–Crippen MR) is 57.7 cm³/mol. The van der Waals surface area contributed by atoms with Crippen LogP contribution in [0.5, 0.6) is 0 Å². The van der Waals surface area contributed by atoms with Crippen LogP contribution in [0.1, 0.15) is 27.7 Å². The van der Waals surface area contributed by atoms with Gasteiger partial charge in [-0.1, -0.05) is 0 Å². The first-order valence-corrected chi connectivity index (χ1v) is 6.85. The molecule has 0 heterocycles. The van der Waals surface area contributed by atoms with E-state index in [1.807, 2.05) is 27.7 Å². The van der Waals surface area contributed by atoms with Crippen LogP contribution in [0.3, 0.4) is 0 Å². The predicted octanol–water partition coefficient (Wildman–Crippen LogP) is 2.84. The maximum atomic E-state index is 12.0. The third kappa shape index (κ3) is 6.50. The largest absolute Gasteiger partial charge is 0.315 e. The molecule has 0 aliphatic carbocycles. The van der Waals surface area contributed by atoms with Gasteiger partial charge in [0, 0.05) is 11.9 Å². The zero-order valence-electron chi connectivity index (χ0n) is 8.71. The fourth-order valence-electron chi connectivity index (χ4n) is 0.993. The fourth-order valence-corrected chi connectivity index (χ4v) is 3.65. The van der Waals surface area contributed by atoms with E-state index in [9.17, 15) is 4.57 Å². The van der Waals surface area contributed by atoms with Crippen LogP contribution in [0.25, 0.3) is 0 Å². The summed E-state index contributed by atoms with van der Waals surface area (Å²) in [4.78, 5) is 0. The third-order valence-corrected chi connectivity index (χ3v) is 4.15. The first-order valence-electron chi connectivity index (χ1n) is 4.51. The van der Waals surface area contributed by atoms with Crippen LogP contribution in [0, 0.1) is 0 Å². The lowest BCUT2D eigenvalue weighted by Gasteiger charge is -2.23. The van der Waals surface area contributed by atoms with Gasteiger partial charge in [0.2, 0.25) is 0 Å². The summed E-state index contributed by atoms with van der Waals surface area (Å²) in [7, 11) is -2.71. The van der Waals surface area contributed by atoms with Crippen LogP contribution in [0.2, 0.25) is 0 Å². The first kappa shape index (κ1) is 13.4. The molecule has 80 valence electrons. The average molecular weight is 228 g/mol. The van der Waals surface area contributed by atoms with Crippen molar-refractivity contribution < 1.29 is 9.09 Å². The van der Waals surface area contributed by atoms with Gasteiger partial charge in [-0.3, -0.25) is 4.57 Å². The van der Waals surface area contributed by atoms with Gasteiger partial charge in [-0.2, -0.15) is 0 Å². The standard InChI is InChI=1S/C8H19ClNO2P/c1-7(2)10-13(11,6-5-9)12-8(3)4/h7-8H,5-6H2,1-4H3,(H,10,11). The van der Waals surface area contributed by atoms with Gasteiger partial charge in [0.1, 0.15) is 0 Å². The van der Waals surface area contributed by atoms with Crippen LogP contribution in [0.4, 0.5) is 0 Å². The number of hydrogen-bond acceptors (Lipinski definition) is 2. The smallest absolute Gasteiger partial charge is 0.271 e. The zero-order valence-corrected chi connectivity index (χ0v) is 10.4. The summed E-state index contributed by atoms with van der Waals surface area (Å²) in [5, 5.41) is 2.94. The van der Waals surface area contributed by atoms with E-state index in [-0.39, 0.29) is 12.1 Å². The second-order valence-electron chi connectivity index (χ2n) is 3.52. The van der Waals surface area contributed by atoms with E-state index in [1.165, 1.54) is 0 Å². The molecule has 0 amide bonds. The van der Waals surface area contributed by atoms with Crippen molar-refractivity contribution in [1.82, 2.24) is 5.09 Å². The number of hydrogen-bond donors (Lipinski definition) is 1. The van der Waals surface area contributed by atoms with Crippen molar-refractivity contribution >= 4 is 19.1 Å². The Balaban J connectivity index is 4.25. The molecule has 1 atom stereocenters. The Morgan fingerprint density at radius 3 is 2.23 bits per heavy atom. The van der Waals surface area contributed by atoms with Crippen LogP contribution in [-0.2, 0) is 9.09 Å². The summed E-state index contributed by atoms with van der Waals surface area (Å²) in [6.07, 6.45) is 0.338. The molecule has 1 unspecified atom stereocenters. The van der Waals surface area contributed by atoms with Crippen molar-refractivity contribution in [2.24, 2.45) is 0 Å². The Hall–Kier alpha value is 0.440. The molecule has 0 spiro atoms. The van der Waals surface area contributed by atoms with Crippen molar-refractivity contribution in [1.29, 1.82) is 0 Å². The van der Waals surface area contributed by atoms with Gasteiger partial charge in [0.25, 0.3) is 7.52 Å². The molecule has 0 fully saturated rings. The van der Waals surface area contributed by atoms with Crippen LogP contribution >= 0.6 is 19.1 Å². The Bertz CT molecular complexity index is 171. The Morgan fingerprint density at radius 1 is 1.38 bits per heavy atom. The van der Waals surface area contributed by atoms with Gasteiger partial charge >= 0.3 is 0 Å². The lowest BCUT2D eigenvalue weighted by molar-refractivity contribution is 0.237. The second-order valence-corrected chi connectivity index (χ2v) is 6.17. The monoisotopic (exact) mass is 227 g/mol. The number of alkyl halides is 1. The van der Waals surface area contributed by atoms with Crippen LogP contribution in [-0.4, -0.2) is 24.2 Å². The highest BCUT2D eigenvalue weighted by Crippen LogP contribution is 2.43. The zero-order chi connectivity index (χ0) is 10.5. The van der Waals surface area contributed by atoms with E-state index in [2.05, 4.69) is 5.09 Å². The van der Waals surface area contributed by atoms with Gasteiger partial charge in [-0.05, 0) is 27.7 Å². The second kappa shape index (κ2) is 6.02. The molecule has 0 aliphatic heterocycles. The van der Waals surface area contributed by atoms with Crippen LogP contribution < -0.4 is 5.09 Å². The summed E-state index contributed by atoms with van der Waals surface area (Å²) < 4.78 is 17.4. The molecule has 1 N–H and O–H groups in total. The molecule has 0 radical (unpaired) electrons. The minimum Gasteiger partial charge on any atom is -0.315 e. The van der Waals surface area contributed by atoms with E-state index >= 15 is 0 Å². The molecule has 5 heteroatoms. The van der Waals surface area contributed by atoms with Gasteiger partial charge in [0.05, 0.1) is 12.3 Å². The topological polar surface area (TPSA) is 38.3 Å². The molecule has 0 aromatic carbocycles. The maximum Gasteiger partial charge on any atom is 0.271 e. The van der Waals surface area contributed by atoms with E-state index in [0.29, 0.717) is 12.0 Å². The Kier molecular flexibility index (Phi) is 6.23. The van der Waals surface area contributed by atoms with Gasteiger partial charge in [0.15, 0.2) is 0 Å². The normalized spacial score (nSPS) is 16.5. The highest BCUT2D eigenvalue weighted by Gasteiger charge is 2.24. The molecule has 0 aromatic rings. The van der Waals surface area contributed by atoms with Crippen molar-refractivity contribution in [3.63, 3.8) is 0 Å². The minimum atomic E-state index is -2.71. The lowest BCUT2D eigenvalue weighted by atomic mass is 10.4. The SMILES string of the molecule is CC(C)NP(=O)(CCCl)OC(C)C. The van der Waals surface area contributed by atoms with E-state index in [1.54, 1.807) is 0 Å². The number of halogens is 1. The highest BCUT2D eigenvalue weighted by atomic mass is 35.5. The molecular formula is C8H19ClNO2P. The molecule has 3 nitrogen and oxygen atoms in total. The number of rotatable bonds is 6. The van der Waals surface area contributed by atoms with Crippen molar-refractivity contribution in [2.75, 3.05) is 12.0 Å². The van der Waals surface area contributed by atoms with Gasteiger partial charge in [-0.15, -0.1) is 11.6 Å². The van der Waals surface area contributed by atoms with Crippen molar-refractivity contribution in [3.8, 4) is 0 Å². The quantitative estimate of drug-likeness (QED) is 0.560. The van der Waals surface area contributed by atoms with Gasteiger partial charge in [-0.25, -0.2) is 5.09 Å². The Labute approximate surface area is 85.7 Å². The molecule has 13 heavy (non-hydrogen) atoms. The molecular weight excluding hydrogens is 209 g/mol. The third-order valence-electron chi connectivity index (χ3n) is 1.21. The van der Waals surface area contributed by atoms with Crippen molar-refractivity contribution in [2.45, 2.75) is 39.8 Å². The molecule has 0 aliphatic rings. The van der Waals surface area contributed by atoms with E-state index < -0.39 is 7.52 Å². The summed E-state index contributed by atoms with van der Waals surface area (Å²) >= 11 is 5.56. The first-order chi connectivity index (χ1) is 5.89. The number of nitrogens with one attached hydrogen (secondary N) is 1. The summed E-state index contributed by atoms with van der Waals surface area (Å²) in [5.74, 6) is 0.351. The highest BCUT2D eigenvalue weighted by molar-refractivity contribution is 7.57. The Morgan fingerprint density at radius 2 is 1.92 bits per heavy atom. The summed E-state index contributed by atoms with van der Waals surface area (Å²) in [6, 6.07) is 0.146. The minimum absolute atomic E-state index is 0.0414. The maximum absolute atomic E-state index is 12.0. The molecule has 0 bridgehead atoms.